The number of nitrogens with zero attached hydrogens (tertiary/aromatic N) is 1. The van der Waals surface area contributed by atoms with Crippen LogP contribution in [-0.4, -0.2) is 215 Å². The second-order valence-electron chi connectivity index (χ2n) is 23.6. The minimum absolute atomic E-state index is 0.0212. The van der Waals surface area contributed by atoms with E-state index in [2.05, 4.69) is 53.2 Å². The normalized spacial score (nSPS) is 13.5. The molecule has 0 radical (unpaired) electrons. The number of carbonyl (C=O) groups is 15. The fourth-order valence-electron chi connectivity index (χ4n) is 9.54. The van der Waals surface area contributed by atoms with Gasteiger partial charge in [0.15, 0.2) is 0 Å². The minimum Gasteiger partial charge on any atom is -0.506 e. The van der Waals surface area contributed by atoms with Gasteiger partial charge in [-0.15, -0.1) is 0 Å². The quantitative estimate of drug-likeness (QED) is 0.0241. The molecule has 1 heterocycles. The third-order valence-corrected chi connectivity index (χ3v) is 15.1. The molecule has 0 spiro atoms. The lowest BCUT2D eigenvalue weighted by Gasteiger charge is -2.26. The van der Waals surface area contributed by atoms with Crippen LogP contribution in [0.5, 0.6) is 5.75 Å². The van der Waals surface area contributed by atoms with Crippen molar-refractivity contribution in [1.82, 2.24) is 52.8 Å². The Hall–Kier alpha value is -10.1. The number of hydrogen-bond donors (Lipinski definition) is 16. The fourth-order valence-corrected chi connectivity index (χ4v) is 9.54. The molecule has 17 N–H and O–H groups in total. The van der Waals surface area contributed by atoms with Crippen molar-refractivity contribution in [3.8, 4) is 5.75 Å². The zero-order valence-electron chi connectivity index (χ0n) is 55.8. The van der Waals surface area contributed by atoms with Gasteiger partial charge in [-0.2, -0.15) is 0 Å². The minimum atomic E-state index is -1.53. The fraction of sp³-hybridized carbons (Fsp3) is 0.554. The lowest BCUT2D eigenvalue weighted by atomic mass is 10.0. The van der Waals surface area contributed by atoms with Crippen LogP contribution in [0, 0.1) is 5.92 Å². The molecule has 0 aliphatic carbocycles. The van der Waals surface area contributed by atoms with E-state index in [1.165, 1.54) is 43.3 Å². The molecule has 1 aliphatic rings. The van der Waals surface area contributed by atoms with E-state index in [0.717, 1.165) is 17.1 Å². The number of nitrogens with two attached hydrogens (primary N) is 1. The van der Waals surface area contributed by atoms with E-state index in [1.54, 1.807) is 19.9 Å². The molecule has 34 heteroatoms. The van der Waals surface area contributed by atoms with Crippen molar-refractivity contribution >= 4 is 94.7 Å². The first kappa shape index (κ1) is 83.1. The van der Waals surface area contributed by atoms with Crippen molar-refractivity contribution in [2.45, 2.75) is 166 Å². The Morgan fingerprint density at radius 1 is 0.495 bits per heavy atom. The van der Waals surface area contributed by atoms with E-state index in [9.17, 15) is 87.2 Å². The predicted octanol–water partition coefficient (Wildman–Crippen LogP) is 0.298. The zero-order chi connectivity index (χ0) is 73.4. The van der Waals surface area contributed by atoms with Gasteiger partial charge in [-0.1, -0.05) is 19.9 Å². The van der Waals surface area contributed by atoms with Gasteiger partial charge in [-0.3, -0.25) is 62.4 Å². The first-order chi connectivity index (χ1) is 47.0. The molecule has 3 rings (SSSR count). The van der Waals surface area contributed by atoms with Gasteiger partial charge in [-0.05, 0) is 132 Å². The molecule has 6 atom stereocenters. The molecule has 12 amide bonds. The molecule has 0 fully saturated rings. The van der Waals surface area contributed by atoms with Crippen molar-refractivity contribution in [2.24, 2.45) is 11.7 Å². The number of nitrogens with one attached hydrogen (secondary N) is 10. The van der Waals surface area contributed by atoms with Crippen LogP contribution in [0.1, 0.15) is 150 Å². The lowest BCUT2D eigenvalue weighted by Crippen LogP contribution is -2.57. The number of carboxylic acids is 4. The Morgan fingerprint density at radius 2 is 1.01 bits per heavy atom. The zero-order valence-corrected chi connectivity index (χ0v) is 55.8. The van der Waals surface area contributed by atoms with Gasteiger partial charge in [0.25, 0.3) is 23.6 Å². The molecule has 0 unspecified atom stereocenters. The Kier molecular flexibility index (Phi) is 38.1. The number of urea groups is 1. The number of anilines is 1. The van der Waals surface area contributed by atoms with Crippen LogP contribution in [0.15, 0.2) is 54.6 Å². The third kappa shape index (κ3) is 34.1. The topological polar surface area (TPSA) is 525 Å². The van der Waals surface area contributed by atoms with Gasteiger partial charge in [0, 0.05) is 94.1 Å². The van der Waals surface area contributed by atoms with Crippen LogP contribution in [0.25, 0.3) is 0 Å². The number of imide groups is 1. The van der Waals surface area contributed by atoms with Crippen LogP contribution in [0.2, 0.25) is 0 Å². The summed E-state index contributed by atoms with van der Waals surface area (Å²) in [6.07, 6.45) is 4.13. The smallest absolute Gasteiger partial charge is 0.326 e. The third-order valence-electron chi connectivity index (χ3n) is 15.1. The Labute approximate surface area is 571 Å². The molecule has 0 saturated heterocycles. The van der Waals surface area contributed by atoms with E-state index in [1.807, 2.05) is 0 Å². The number of carboxylic acid groups (broad SMARTS) is 4. The van der Waals surface area contributed by atoms with Gasteiger partial charge in [0.1, 0.15) is 36.0 Å². The summed E-state index contributed by atoms with van der Waals surface area (Å²) in [5.41, 5.74) is 7.32. The van der Waals surface area contributed by atoms with E-state index in [-0.39, 0.29) is 153 Å². The number of ether oxygens (including phenoxy) is 2. The Morgan fingerprint density at radius 3 is 1.59 bits per heavy atom. The standard InChI is InChI=1S/C65H94N12O22/c1-39(2)57(62(92)71-40(3)58(88)73-48-38-41(15-22-49(48)78)37-44(66)20-25-55(84)85)76-61(91)45(72-52(81)14-10-32-77-53(82)23-24-54(77)83)11-4-7-29-68-51(80)27-33-98-35-36-99-34-31-70-60(90)43-18-16-42(17-19-43)59(89)69-30-9-6-13-50(79)67-28-8-5-12-46(63(93)94)74-65(97)75-47(64(95)96)21-26-56(86)87/h15-19,22-24,38-40,44-47,57,78H,4-14,20-21,25-37,66H2,1-3H3,(H,67,79)(H,68,80)(H,69,89)(H,70,90)(H,71,92)(H,72,81)(H,73,88)(H,76,91)(H,84,85)(H,86,87)(H,93,94)(H,95,96)(H2,74,75,97)/t40-,44+,45-,46-,47-,57-/m0/s1. The van der Waals surface area contributed by atoms with Crippen molar-refractivity contribution in [3.05, 3.63) is 71.3 Å². The highest BCUT2D eigenvalue weighted by Crippen LogP contribution is 2.25. The summed E-state index contributed by atoms with van der Waals surface area (Å²) in [6, 6.07) is 2.36. The van der Waals surface area contributed by atoms with Gasteiger partial charge in [0.05, 0.1) is 32.1 Å². The van der Waals surface area contributed by atoms with Crippen molar-refractivity contribution < 1.29 is 107 Å². The van der Waals surface area contributed by atoms with E-state index < -0.39 is 126 Å². The molecular formula is C65H94N12O22. The second-order valence-corrected chi connectivity index (χ2v) is 23.6. The molecule has 546 valence electrons. The first-order valence-corrected chi connectivity index (χ1v) is 32.7. The second kappa shape index (κ2) is 45.4. The van der Waals surface area contributed by atoms with E-state index in [4.69, 9.17) is 25.4 Å². The van der Waals surface area contributed by atoms with Gasteiger partial charge >= 0.3 is 29.9 Å². The van der Waals surface area contributed by atoms with Crippen LogP contribution in [0.4, 0.5) is 10.5 Å². The number of benzene rings is 2. The van der Waals surface area contributed by atoms with Crippen LogP contribution >= 0.6 is 0 Å². The highest BCUT2D eigenvalue weighted by atomic mass is 16.5. The highest BCUT2D eigenvalue weighted by molar-refractivity contribution is 6.13. The maximum atomic E-state index is 13.9. The number of amides is 12. The van der Waals surface area contributed by atoms with Crippen molar-refractivity contribution in [2.75, 3.05) is 64.5 Å². The summed E-state index contributed by atoms with van der Waals surface area (Å²) < 4.78 is 11.0. The number of hydrogen-bond acceptors (Lipinski definition) is 19. The van der Waals surface area contributed by atoms with Crippen molar-refractivity contribution in [3.63, 3.8) is 0 Å². The van der Waals surface area contributed by atoms with E-state index in [0.29, 0.717) is 48.8 Å². The van der Waals surface area contributed by atoms with Gasteiger partial charge < -0.3 is 93.9 Å². The number of phenolic OH excluding ortho intramolecular Hbond substituents is 1. The molecule has 0 aromatic heterocycles. The average molecular weight is 1400 g/mol. The molecule has 0 bridgehead atoms. The summed E-state index contributed by atoms with van der Waals surface area (Å²) in [7, 11) is 0. The maximum Gasteiger partial charge on any atom is 0.326 e. The van der Waals surface area contributed by atoms with Gasteiger partial charge in [0.2, 0.25) is 35.4 Å². The summed E-state index contributed by atoms with van der Waals surface area (Å²) >= 11 is 0. The number of phenols is 1. The number of unbranched alkanes of at least 4 members (excludes halogenated alkanes) is 3. The van der Waals surface area contributed by atoms with Crippen LogP contribution in [-0.2, 0) is 73.4 Å². The van der Waals surface area contributed by atoms with Crippen molar-refractivity contribution in [1.29, 1.82) is 0 Å². The predicted molar refractivity (Wildman–Crippen MR) is 353 cm³/mol. The van der Waals surface area contributed by atoms with Crippen LogP contribution < -0.4 is 58.9 Å². The highest BCUT2D eigenvalue weighted by Gasteiger charge is 2.32. The van der Waals surface area contributed by atoms with E-state index >= 15 is 0 Å². The monoisotopic (exact) mass is 1390 g/mol. The average Bonchev–Trinajstić information content (AvgIpc) is 1.44. The summed E-state index contributed by atoms with van der Waals surface area (Å²) in [6.45, 7) is 6.10. The molecule has 1 aliphatic heterocycles. The number of aromatic hydroxyl groups is 1. The SMILES string of the molecule is CC(C)[C@H](NC(=O)[C@H](CCCCNC(=O)CCOCCOCCNC(=O)c1ccc(C(=O)NCCCCC(=O)NCCCC[C@H](NC(=O)N[C@@H](CCC(=O)O)C(=O)O)C(=O)O)cc1)NC(=O)CCCN1C(=O)C=CC1=O)C(=O)N[C@@H](C)C(=O)Nc1cc(C[C@H](N)CCC(=O)O)ccc1O. The maximum absolute atomic E-state index is 13.9. The summed E-state index contributed by atoms with van der Waals surface area (Å²) in [5, 5.41) is 72.6. The Balaban J connectivity index is 1.31. The molecule has 99 heavy (non-hydrogen) atoms. The Bertz CT molecular complexity index is 3110. The molecule has 0 saturated carbocycles. The lowest BCUT2D eigenvalue weighted by molar-refractivity contribution is -0.141. The van der Waals surface area contributed by atoms with Crippen LogP contribution in [0.3, 0.4) is 0 Å². The first-order valence-electron chi connectivity index (χ1n) is 32.7. The summed E-state index contributed by atoms with van der Waals surface area (Å²) in [5.74, 6) is -11.0. The molecule has 2 aromatic rings. The van der Waals surface area contributed by atoms with Gasteiger partial charge in [-0.25, -0.2) is 14.4 Å². The molecule has 34 nitrogen and oxygen atoms in total. The largest absolute Gasteiger partial charge is 0.506 e. The molecule has 2 aromatic carbocycles. The summed E-state index contributed by atoms with van der Waals surface area (Å²) in [4.78, 5) is 186. The number of rotatable bonds is 50. The number of carbonyl (C=O) groups excluding carboxylic acids is 11. The number of aliphatic carboxylic acids is 4. The molecular weight excluding hydrogens is 1300 g/mol.